The van der Waals surface area contributed by atoms with Crippen LogP contribution < -0.4 is 0 Å². The number of fused-ring (bicyclic) bond motifs is 1. The van der Waals surface area contributed by atoms with Crippen LogP contribution in [-0.4, -0.2) is 17.6 Å². The number of aromatic nitrogens is 1. The molecule has 0 atom stereocenters. The molecule has 0 bridgehead atoms. The first-order valence-corrected chi connectivity index (χ1v) is 7.90. The van der Waals surface area contributed by atoms with Crippen LogP contribution in [-0.2, 0) is 9.53 Å². The third-order valence-electron chi connectivity index (χ3n) is 4.52. The van der Waals surface area contributed by atoms with Crippen LogP contribution in [0, 0.1) is 11.7 Å². The Kier molecular flexibility index (Phi) is 4.36. The van der Waals surface area contributed by atoms with Gasteiger partial charge in [0.05, 0.1) is 18.0 Å². The predicted molar refractivity (Wildman–Crippen MR) is 83.0 cm³/mol. The highest BCUT2D eigenvalue weighted by Crippen LogP contribution is 2.38. The standard InChI is InChI=1S/C18H20FNO2/c1-2-22-18(21)13-5-3-12(4-6-13)15-9-10-20-17-8-7-14(19)11-16(15)17/h7-13H,2-6H2,1H3. The number of carbonyl (C=O) groups excluding carboxylic acids is 1. The lowest BCUT2D eigenvalue weighted by Gasteiger charge is -2.28. The van der Waals surface area contributed by atoms with E-state index >= 15 is 0 Å². The largest absolute Gasteiger partial charge is 0.466 e. The van der Waals surface area contributed by atoms with Crippen molar-refractivity contribution in [3.05, 3.63) is 41.8 Å². The van der Waals surface area contributed by atoms with Crippen molar-refractivity contribution in [2.24, 2.45) is 5.92 Å². The summed E-state index contributed by atoms with van der Waals surface area (Å²) in [6, 6.07) is 6.71. The molecule has 0 N–H and O–H groups in total. The molecule has 0 amide bonds. The Morgan fingerprint density at radius 1 is 1.27 bits per heavy atom. The van der Waals surface area contributed by atoms with Crippen LogP contribution in [0.2, 0.25) is 0 Å². The fourth-order valence-corrected chi connectivity index (χ4v) is 3.40. The minimum Gasteiger partial charge on any atom is -0.466 e. The van der Waals surface area contributed by atoms with Crippen molar-refractivity contribution >= 4 is 16.9 Å². The molecule has 3 nitrogen and oxygen atoms in total. The quantitative estimate of drug-likeness (QED) is 0.797. The van der Waals surface area contributed by atoms with Crippen LogP contribution in [0.15, 0.2) is 30.5 Å². The number of rotatable bonds is 3. The summed E-state index contributed by atoms with van der Waals surface area (Å²) in [5.41, 5.74) is 1.97. The predicted octanol–water partition coefficient (Wildman–Crippen LogP) is 4.21. The Hall–Kier alpha value is -1.97. The second kappa shape index (κ2) is 6.42. The van der Waals surface area contributed by atoms with Crippen LogP contribution in [0.1, 0.15) is 44.1 Å². The molecular weight excluding hydrogens is 281 g/mol. The third kappa shape index (κ3) is 2.96. The van der Waals surface area contributed by atoms with Gasteiger partial charge in [0, 0.05) is 11.6 Å². The Bertz CT molecular complexity index is 678. The Labute approximate surface area is 129 Å². The summed E-state index contributed by atoms with van der Waals surface area (Å²) in [7, 11) is 0. The van der Waals surface area contributed by atoms with Crippen molar-refractivity contribution in [1.29, 1.82) is 0 Å². The lowest BCUT2D eigenvalue weighted by Crippen LogP contribution is -2.23. The van der Waals surface area contributed by atoms with Crippen molar-refractivity contribution in [3.8, 4) is 0 Å². The first-order chi connectivity index (χ1) is 10.7. The van der Waals surface area contributed by atoms with Crippen LogP contribution in [0.5, 0.6) is 0 Å². The Morgan fingerprint density at radius 2 is 2.05 bits per heavy atom. The number of benzene rings is 1. The van der Waals surface area contributed by atoms with Crippen LogP contribution in [0.4, 0.5) is 4.39 Å². The second-order valence-corrected chi connectivity index (χ2v) is 5.86. The topological polar surface area (TPSA) is 39.2 Å². The highest BCUT2D eigenvalue weighted by Gasteiger charge is 2.28. The molecular formula is C18H20FNO2. The Balaban J connectivity index is 1.79. The number of esters is 1. The molecule has 0 radical (unpaired) electrons. The zero-order valence-corrected chi connectivity index (χ0v) is 12.7. The maximum atomic E-state index is 13.5. The molecule has 1 aromatic heterocycles. The average Bonchev–Trinajstić information content (AvgIpc) is 2.54. The maximum Gasteiger partial charge on any atom is 0.308 e. The van der Waals surface area contributed by atoms with E-state index in [4.69, 9.17) is 4.74 Å². The van der Waals surface area contributed by atoms with Crippen LogP contribution >= 0.6 is 0 Å². The molecule has 3 rings (SSSR count). The van der Waals surface area contributed by atoms with E-state index in [1.54, 1.807) is 18.3 Å². The summed E-state index contributed by atoms with van der Waals surface area (Å²) in [5.74, 6) is 0.0626. The molecule has 1 aliphatic rings. The number of hydrogen-bond acceptors (Lipinski definition) is 3. The summed E-state index contributed by atoms with van der Waals surface area (Å²) in [6.45, 7) is 2.27. The molecule has 0 aliphatic heterocycles. The SMILES string of the molecule is CCOC(=O)C1CCC(c2ccnc3ccc(F)cc23)CC1. The van der Waals surface area contributed by atoms with Crippen molar-refractivity contribution in [2.45, 2.75) is 38.5 Å². The number of nitrogens with zero attached hydrogens (tertiary/aromatic N) is 1. The third-order valence-corrected chi connectivity index (χ3v) is 4.52. The first kappa shape index (κ1) is 14.9. The summed E-state index contributed by atoms with van der Waals surface area (Å²) >= 11 is 0. The monoisotopic (exact) mass is 301 g/mol. The molecule has 22 heavy (non-hydrogen) atoms. The van der Waals surface area contributed by atoms with Gasteiger partial charge in [0.15, 0.2) is 0 Å². The molecule has 1 saturated carbocycles. The number of ether oxygens (including phenoxy) is 1. The molecule has 0 spiro atoms. The molecule has 1 aliphatic carbocycles. The zero-order chi connectivity index (χ0) is 15.5. The lowest BCUT2D eigenvalue weighted by molar-refractivity contribution is -0.149. The van der Waals surface area contributed by atoms with Gasteiger partial charge >= 0.3 is 5.97 Å². The van der Waals surface area contributed by atoms with Gasteiger partial charge in [-0.15, -0.1) is 0 Å². The van der Waals surface area contributed by atoms with E-state index in [1.165, 1.54) is 6.07 Å². The van der Waals surface area contributed by atoms with E-state index in [-0.39, 0.29) is 17.7 Å². The first-order valence-electron chi connectivity index (χ1n) is 7.90. The van der Waals surface area contributed by atoms with Gasteiger partial charge in [-0.05, 0) is 68.4 Å². The van der Waals surface area contributed by atoms with Crippen molar-refractivity contribution < 1.29 is 13.9 Å². The van der Waals surface area contributed by atoms with E-state index in [0.29, 0.717) is 12.5 Å². The van der Waals surface area contributed by atoms with Gasteiger partial charge in [0.25, 0.3) is 0 Å². The molecule has 1 heterocycles. The van der Waals surface area contributed by atoms with Gasteiger partial charge in [-0.2, -0.15) is 0 Å². The summed E-state index contributed by atoms with van der Waals surface area (Å²) in [5, 5.41) is 0.891. The van der Waals surface area contributed by atoms with Gasteiger partial charge in [-0.1, -0.05) is 0 Å². The van der Waals surface area contributed by atoms with Gasteiger partial charge in [0.1, 0.15) is 5.82 Å². The van der Waals surface area contributed by atoms with Crippen LogP contribution in [0.25, 0.3) is 10.9 Å². The van der Waals surface area contributed by atoms with Crippen LogP contribution in [0.3, 0.4) is 0 Å². The summed E-state index contributed by atoms with van der Waals surface area (Å²) in [4.78, 5) is 16.1. The van der Waals surface area contributed by atoms with Crippen molar-refractivity contribution in [1.82, 2.24) is 4.98 Å². The molecule has 116 valence electrons. The zero-order valence-electron chi connectivity index (χ0n) is 12.7. The molecule has 0 saturated heterocycles. The average molecular weight is 301 g/mol. The Morgan fingerprint density at radius 3 is 2.77 bits per heavy atom. The fraction of sp³-hybridized carbons (Fsp3) is 0.444. The number of carbonyl (C=O) groups is 1. The van der Waals surface area contributed by atoms with E-state index in [1.807, 2.05) is 13.0 Å². The van der Waals surface area contributed by atoms with E-state index < -0.39 is 0 Å². The normalized spacial score (nSPS) is 21.7. The molecule has 1 aromatic carbocycles. The lowest BCUT2D eigenvalue weighted by atomic mass is 9.78. The van der Waals surface area contributed by atoms with Crippen molar-refractivity contribution in [2.75, 3.05) is 6.61 Å². The van der Waals surface area contributed by atoms with E-state index in [0.717, 1.165) is 42.1 Å². The van der Waals surface area contributed by atoms with Gasteiger partial charge in [-0.3, -0.25) is 9.78 Å². The number of halogens is 1. The maximum absolute atomic E-state index is 13.5. The van der Waals surface area contributed by atoms with Gasteiger partial charge in [-0.25, -0.2) is 4.39 Å². The minimum absolute atomic E-state index is 0.0148. The molecule has 1 fully saturated rings. The number of pyridine rings is 1. The van der Waals surface area contributed by atoms with Gasteiger partial charge in [0.2, 0.25) is 0 Å². The van der Waals surface area contributed by atoms with Crippen molar-refractivity contribution in [3.63, 3.8) is 0 Å². The van der Waals surface area contributed by atoms with Gasteiger partial charge < -0.3 is 4.74 Å². The number of hydrogen-bond donors (Lipinski definition) is 0. The van der Waals surface area contributed by atoms with E-state index in [2.05, 4.69) is 4.98 Å². The van der Waals surface area contributed by atoms with E-state index in [9.17, 15) is 9.18 Å². The highest BCUT2D eigenvalue weighted by atomic mass is 19.1. The molecule has 2 aromatic rings. The highest BCUT2D eigenvalue weighted by molar-refractivity contribution is 5.82. The minimum atomic E-state index is -0.234. The molecule has 4 heteroatoms. The second-order valence-electron chi connectivity index (χ2n) is 5.86. The summed E-state index contributed by atoms with van der Waals surface area (Å²) < 4.78 is 18.7. The summed E-state index contributed by atoms with van der Waals surface area (Å²) in [6.07, 6.45) is 5.32. The fourth-order valence-electron chi connectivity index (χ4n) is 3.40. The smallest absolute Gasteiger partial charge is 0.308 e. The molecule has 0 unspecified atom stereocenters.